The highest BCUT2D eigenvalue weighted by Crippen LogP contribution is 2.33. The Kier molecular flexibility index (Phi) is 4.18. The van der Waals surface area contributed by atoms with Crippen LogP contribution in [0.15, 0.2) is 36.4 Å². The summed E-state index contributed by atoms with van der Waals surface area (Å²) in [4.78, 5) is 0. The van der Waals surface area contributed by atoms with Gasteiger partial charge >= 0.3 is 0 Å². The highest BCUT2D eigenvalue weighted by atomic mass is 35.5. The minimum absolute atomic E-state index is 0.648. The molecule has 0 aromatic heterocycles. The number of hydrogen-bond donors (Lipinski definition) is 1. The van der Waals surface area contributed by atoms with Gasteiger partial charge in [-0.15, -0.1) is 0 Å². The SMILES string of the molecule is Cc1ccc(Oc2cccc(Cl)c2CNC2CC2)c(C)c1. The summed E-state index contributed by atoms with van der Waals surface area (Å²) < 4.78 is 6.10. The molecule has 1 N–H and O–H groups in total. The number of rotatable bonds is 5. The smallest absolute Gasteiger partial charge is 0.133 e. The molecule has 0 amide bonds. The van der Waals surface area contributed by atoms with Crippen LogP contribution in [0.2, 0.25) is 5.02 Å². The molecule has 0 unspecified atom stereocenters. The molecule has 0 saturated heterocycles. The molecule has 0 spiro atoms. The van der Waals surface area contributed by atoms with Gasteiger partial charge in [0, 0.05) is 23.2 Å². The Morgan fingerprint density at radius 2 is 1.95 bits per heavy atom. The van der Waals surface area contributed by atoms with Crippen molar-refractivity contribution in [1.82, 2.24) is 5.32 Å². The van der Waals surface area contributed by atoms with Crippen molar-refractivity contribution in [3.8, 4) is 11.5 Å². The summed E-state index contributed by atoms with van der Waals surface area (Å²) in [6.07, 6.45) is 2.52. The van der Waals surface area contributed by atoms with Crippen molar-refractivity contribution in [1.29, 1.82) is 0 Å². The highest BCUT2D eigenvalue weighted by molar-refractivity contribution is 6.31. The minimum atomic E-state index is 0.648. The van der Waals surface area contributed by atoms with Crippen LogP contribution in [0.25, 0.3) is 0 Å². The lowest BCUT2D eigenvalue weighted by molar-refractivity contribution is 0.469. The van der Waals surface area contributed by atoms with E-state index in [1.807, 2.05) is 24.3 Å². The van der Waals surface area contributed by atoms with E-state index in [0.717, 1.165) is 34.2 Å². The molecule has 0 bridgehead atoms. The maximum Gasteiger partial charge on any atom is 0.133 e. The van der Waals surface area contributed by atoms with E-state index >= 15 is 0 Å². The Labute approximate surface area is 131 Å². The molecule has 2 aromatic rings. The molecule has 2 nitrogen and oxygen atoms in total. The van der Waals surface area contributed by atoms with Gasteiger partial charge in [-0.05, 0) is 50.5 Å². The van der Waals surface area contributed by atoms with Gasteiger partial charge < -0.3 is 10.1 Å². The van der Waals surface area contributed by atoms with Gasteiger partial charge in [0.05, 0.1) is 0 Å². The van der Waals surface area contributed by atoms with Crippen LogP contribution in [-0.4, -0.2) is 6.04 Å². The van der Waals surface area contributed by atoms with E-state index in [1.165, 1.54) is 18.4 Å². The summed E-state index contributed by atoms with van der Waals surface area (Å²) in [5, 5.41) is 4.25. The molecule has 3 heteroatoms. The number of ether oxygens (including phenoxy) is 1. The zero-order chi connectivity index (χ0) is 14.8. The summed E-state index contributed by atoms with van der Waals surface area (Å²) in [6, 6.07) is 12.7. The maximum atomic E-state index is 6.34. The van der Waals surface area contributed by atoms with Crippen LogP contribution < -0.4 is 10.1 Å². The molecule has 3 rings (SSSR count). The van der Waals surface area contributed by atoms with Gasteiger partial charge in [0.25, 0.3) is 0 Å². The van der Waals surface area contributed by atoms with Gasteiger partial charge in [0.15, 0.2) is 0 Å². The van der Waals surface area contributed by atoms with Crippen molar-refractivity contribution in [3.05, 3.63) is 58.1 Å². The first-order chi connectivity index (χ1) is 10.1. The van der Waals surface area contributed by atoms with Crippen LogP contribution in [0.1, 0.15) is 29.5 Å². The number of aryl methyl sites for hydroxylation is 2. The molecule has 1 saturated carbocycles. The van der Waals surface area contributed by atoms with E-state index in [1.54, 1.807) is 0 Å². The first kappa shape index (κ1) is 14.4. The van der Waals surface area contributed by atoms with Crippen LogP contribution in [-0.2, 0) is 6.54 Å². The Morgan fingerprint density at radius 3 is 2.67 bits per heavy atom. The van der Waals surface area contributed by atoms with E-state index in [9.17, 15) is 0 Å². The number of halogens is 1. The summed E-state index contributed by atoms with van der Waals surface area (Å²) in [6.45, 7) is 4.90. The largest absolute Gasteiger partial charge is 0.457 e. The predicted molar refractivity (Wildman–Crippen MR) is 87.3 cm³/mol. The fourth-order valence-electron chi connectivity index (χ4n) is 2.37. The molecule has 0 heterocycles. The topological polar surface area (TPSA) is 21.3 Å². The number of hydrogen-bond acceptors (Lipinski definition) is 2. The summed E-state index contributed by atoms with van der Waals surface area (Å²) >= 11 is 6.34. The van der Waals surface area contributed by atoms with Gasteiger partial charge in [-0.3, -0.25) is 0 Å². The van der Waals surface area contributed by atoms with Gasteiger partial charge in [-0.1, -0.05) is 35.4 Å². The van der Waals surface area contributed by atoms with Crippen LogP contribution in [0.3, 0.4) is 0 Å². The average molecular weight is 302 g/mol. The third kappa shape index (κ3) is 3.58. The zero-order valence-electron chi connectivity index (χ0n) is 12.4. The monoisotopic (exact) mass is 301 g/mol. The molecule has 0 radical (unpaired) electrons. The number of benzene rings is 2. The van der Waals surface area contributed by atoms with Crippen molar-refractivity contribution >= 4 is 11.6 Å². The van der Waals surface area contributed by atoms with Crippen molar-refractivity contribution in [2.75, 3.05) is 0 Å². The van der Waals surface area contributed by atoms with E-state index in [-0.39, 0.29) is 0 Å². The van der Waals surface area contributed by atoms with Crippen molar-refractivity contribution in [2.24, 2.45) is 0 Å². The molecule has 1 aliphatic carbocycles. The second kappa shape index (κ2) is 6.08. The fourth-order valence-corrected chi connectivity index (χ4v) is 2.60. The summed E-state index contributed by atoms with van der Waals surface area (Å²) in [5.41, 5.74) is 3.41. The second-order valence-corrected chi connectivity index (χ2v) is 6.15. The molecule has 1 aliphatic rings. The lowest BCUT2D eigenvalue weighted by Crippen LogP contribution is -2.16. The van der Waals surface area contributed by atoms with E-state index in [2.05, 4.69) is 31.3 Å². The first-order valence-electron chi connectivity index (χ1n) is 7.39. The molecule has 1 fully saturated rings. The number of nitrogens with one attached hydrogen (secondary N) is 1. The van der Waals surface area contributed by atoms with Crippen LogP contribution in [0.5, 0.6) is 11.5 Å². The standard InChI is InChI=1S/C18H20ClNO/c1-12-6-9-17(13(2)10-12)21-18-5-3-4-16(19)15(18)11-20-14-7-8-14/h3-6,9-10,14,20H,7-8,11H2,1-2H3. The predicted octanol–water partition coefficient (Wildman–Crippen LogP) is 5.00. The van der Waals surface area contributed by atoms with Gasteiger partial charge in [0.2, 0.25) is 0 Å². The summed E-state index contributed by atoms with van der Waals surface area (Å²) in [5.74, 6) is 1.72. The molecular weight excluding hydrogens is 282 g/mol. The van der Waals surface area contributed by atoms with Crippen molar-refractivity contribution in [2.45, 2.75) is 39.3 Å². The third-order valence-corrected chi connectivity index (χ3v) is 4.13. The van der Waals surface area contributed by atoms with Gasteiger partial charge in [0.1, 0.15) is 11.5 Å². The van der Waals surface area contributed by atoms with Gasteiger partial charge in [-0.25, -0.2) is 0 Å². The Hall–Kier alpha value is -1.51. The quantitative estimate of drug-likeness (QED) is 0.839. The average Bonchev–Trinajstić information content (AvgIpc) is 3.25. The summed E-state index contributed by atoms with van der Waals surface area (Å²) in [7, 11) is 0. The first-order valence-corrected chi connectivity index (χ1v) is 7.77. The zero-order valence-corrected chi connectivity index (χ0v) is 13.2. The maximum absolute atomic E-state index is 6.34. The Balaban J connectivity index is 1.84. The molecule has 110 valence electrons. The molecule has 0 aliphatic heterocycles. The highest BCUT2D eigenvalue weighted by Gasteiger charge is 2.21. The third-order valence-electron chi connectivity index (χ3n) is 3.77. The van der Waals surface area contributed by atoms with E-state index in [4.69, 9.17) is 16.3 Å². The Bertz CT molecular complexity index is 650. The Morgan fingerprint density at radius 1 is 1.14 bits per heavy atom. The van der Waals surface area contributed by atoms with Crippen LogP contribution >= 0.6 is 11.6 Å². The minimum Gasteiger partial charge on any atom is -0.457 e. The van der Waals surface area contributed by atoms with E-state index < -0.39 is 0 Å². The molecule has 0 atom stereocenters. The normalized spacial score (nSPS) is 14.2. The molecule has 2 aromatic carbocycles. The van der Waals surface area contributed by atoms with E-state index in [0.29, 0.717) is 6.04 Å². The van der Waals surface area contributed by atoms with Crippen molar-refractivity contribution in [3.63, 3.8) is 0 Å². The lowest BCUT2D eigenvalue weighted by atomic mass is 10.1. The second-order valence-electron chi connectivity index (χ2n) is 5.74. The molecule has 21 heavy (non-hydrogen) atoms. The molecular formula is C18H20ClNO. The van der Waals surface area contributed by atoms with Crippen molar-refractivity contribution < 1.29 is 4.74 Å². The fraction of sp³-hybridized carbons (Fsp3) is 0.333. The van der Waals surface area contributed by atoms with Gasteiger partial charge in [-0.2, -0.15) is 0 Å². The lowest BCUT2D eigenvalue weighted by Gasteiger charge is -2.15. The van der Waals surface area contributed by atoms with Crippen LogP contribution in [0, 0.1) is 13.8 Å². The van der Waals surface area contributed by atoms with Crippen LogP contribution in [0.4, 0.5) is 0 Å².